The number of primary amides is 1. The molecule has 1 aliphatic rings. The third-order valence-electron chi connectivity index (χ3n) is 5.25. The van der Waals surface area contributed by atoms with Crippen LogP contribution < -0.4 is 5.73 Å². The van der Waals surface area contributed by atoms with Gasteiger partial charge in [0.1, 0.15) is 5.69 Å². The molecule has 0 radical (unpaired) electrons. The van der Waals surface area contributed by atoms with E-state index < -0.39 is 17.5 Å². The smallest absolute Gasteiger partial charge is 0.252 e. The minimum atomic E-state index is -1.04. The van der Waals surface area contributed by atoms with E-state index in [2.05, 4.69) is 5.10 Å². The van der Waals surface area contributed by atoms with Crippen molar-refractivity contribution in [3.8, 4) is 11.3 Å². The highest BCUT2D eigenvalue weighted by atomic mass is 19.2. The summed E-state index contributed by atoms with van der Waals surface area (Å²) in [7, 11) is 0. The maximum Gasteiger partial charge on any atom is 0.252 e. The lowest BCUT2D eigenvalue weighted by molar-refractivity contribution is -0.132. The van der Waals surface area contributed by atoms with Crippen LogP contribution in [0, 0.1) is 18.6 Å². The summed E-state index contributed by atoms with van der Waals surface area (Å²) in [5.41, 5.74) is 8.65. The number of hydrogen-bond donors (Lipinski definition) is 1. The highest BCUT2D eigenvalue weighted by Gasteiger charge is 2.29. The van der Waals surface area contributed by atoms with Crippen molar-refractivity contribution in [1.29, 1.82) is 0 Å². The van der Waals surface area contributed by atoms with Crippen LogP contribution in [0.1, 0.15) is 27.2 Å². The average Bonchev–Trinajstić information content (AvgIpc) is 3.10. The van der Waals surface area contributed by atoms with E-state index in [-0.39, 0.29) is 35.7 Å². The zero-order chi connectivity index (χ0) is 21.4. The van der Waals surface area contributed by atoms with Crippen molar-refractivity contribution in [2.45, 2.75) is 26.4 Å². The lowest BCUT2D eigenvalue weighted by Crippen LogP contribution is -2.40. The summed E-state index contributed by atoms with van der Waals surface area (Å²) < 4.78 is 28.6. The van der Waals surface area contributed by atoms with Crippen molar-refractivity contribution in [2.75, 3.05) is 6.54 Å². The number of hydrogen-bond acceptors (Lipinski definition) is 3. The minimum absolute atomic E-state index is 0.0731. The van der Waals surface area contributed by atoms with Crippen molar-refractivity contribution < 1.29 is 18.4 Å². The van der Waals surface area contributed by atoms with Crippen molar-refractivity contribution in [2.24, 2.45) is 5.73 Å². The van der Waals surface area contributed by atoms with Crippen molar-refractivity contribution in [3.63, 3.8) is 0 Å². The van der Waals surface area contributed by atoms with E-state index in [4.69, 9.17) is 5.73 Å². The molecular formula is C22H20F2N4O2. The van der Waals surface area contributed by atoms with Gasteiger partial charge in [-0.1, -0.05) is 29.8 Å². The second kappa shape index (κ2) is 7.70. The number of aromatic nitrogens is 2. The molecule has 4 rings (SSSR count). The molecule has 6 nitrogen and oxygen atoms in total. The molecule has 0 saturated carbocycles. The number of carbonyl (C=O) groups excluding carboxylic acids is 2. The molecule has 2 amide bonds. The quantitative estimate of drug-likeness (QED) is 0.718. The van der Waals surface area contributed by atoms with Gasteiger partial charge in [-0.15, -0.1) is 0 Å². The van der Waals surface area contributed by atoms with Crippen molar-refractivity contribution in [1.82, 2.24) is 14.7 Å². The van der Waals surface area contributed by atoms with Gasteiger partial charge in [-0.2, -0.15) is 5.10 Å². The number of fused-ring (bicyclic) bond motifs is 1. The van der Waals surface area contributed by atoms with Crippen molar-refractivity contribution >= 4 is 11.8 Å². The predicted octanol–water partition coefficient (Wildman–Crippen LogP) is 2.82. The van der Waals surface area contributed by atoms with Crippen molar-refractivity contribution in [3.05, 3.63) is 76.5 Å². The number of nitrogens with two attached hydrogens (primary N) is 1. The molecule has 30 heavy (non-hydrogen) atoms. The molecule has 0 atom stereocenters. The van der Waals surface area contributed by atoms with E-state index in [1.165, 1.54) is 6.07 Å². The first-order valence-corrected chi connectivity index (χ1v) is 9.51. The number of halogens is 2. The van der Waals surface area contributed by atoms with Crippen LogP contribution in [0.4, 0.5) is 8.78 Å². The number of aryl methyl sites for hydroxylation is 1. The molecule has 154 valence electrons. The summed E-state index contributed by atoms with van der Waals surface area (Å²) in [5, 5.41) is 4.39. The van der Waals surface area contributed by atoms with E-state index in [1.807, 2.05) is 31.2 Å². The van der Waals surface area contributed by atoms with E-state index in [0.717, 1.165) is 23.3 Å². The van der Waals surface area contributed by atoms with Gasteiger partial charge in [0.2, 0.25) is 5.91 Å². The van der Waals surface area contributed by atoms with Gasteiger partial charge < -0.3 is 10.6 Å². The Morgan fingerprint density at radius 2 is 1.80 bits per heavy atom. The Morgan fingerprint density at radius 3 is 2.47 bits per heavy atom. The molecule has 1 aromatic heterocycles. The van der Waals surface area contributed by atoms with Crippen LogP contribution in [-0.2, 0) is 24.3 Å². The Balaban J connectivity index is 1.63. The Morgan fingerprint density at radius 1 is 1.07 bits per heavy atom. The molecule has 0 unspecified atom stereocenters. The largest absolute Gasteiger partial charge is 0.365 e. The number of rotatable bonds is 4. The first kappa shape index (κ1) is 19.8. The van der Waals surface area contributed by atoms with Gasteiger partial charge in [-0.05, 0) is 30.7 Å². The van der Waals surface area contributed by atoms with Gasteiger partial charge in [0.25, 0.3) is 5.91 Å². The number of carbonyl (C=O) groups is 2. The molecular weight excluding hydrogens is 390 g/mol. The first-order chi connectivity index (χ1) is 14.3. The van der Waals surface area contributed by atoms with Gasteiger partial charge >= 0.3 is 0 Å². The highest BCUT2D eigenvalue weighted by Crippen LogP contribution is 2.29. The third-order valence-corrected chi connectivity index (χ3v) is 5.25. The van der Waals surface area contributed by atoms with Gasteiger partial charge in [0.15, 0.2) is 11.6 Å². The molecule has 0 aliphatic carbocycles. The Bertz CT molecular complexity index is 1140. The van der Waals surface area contributed by atoms with E-state index >= 15 is 0 Å². The molecule has 0 spiro atoms. The number of benzene rings is 2. The van der Waals surface area contributed by atoms with Gasteiger partial charge in [-0.25, -0.2) is 8.78 Å². The maximum atomic E-state index is 13.7. The summed E-state index contributed by atoms with van der Waals surface area (Å²) in [5.74, 6) is -2.83. The Labute approximate surface area is 171 Å². The van der Waals surface area contributed by atoms with E-state index in [9.17, 15) is 18.4 Å². The fourth-order valence-corrected chi connectivity index (χ4v) is 3.63. The molecule has 2 heterocycles. The molecule has 1 aliphatic heterocycles. The topological polar surface area (TPSA) is 81.2 Å². The second-order valence-electron chi connectivity index (χ2n) is 7.36. The first-order valence-electron chi connectivity index (χ1n) is 9.51. The van der Waals surface area contributed by atoms with E-state index in [1.54, 1.807) is 9.58 Å². The monoisotopic (exact) mass is 410 g/mol. The molecule has 2 N–H and O–H groups in total. The minimum Gasteiger partial charge on any atom is -0.365 e. The summed E-state index contributed by atoms with van der Waals surface area (Å²) >= 11 is 0. The highest BCUT2D eigenvalue weighted by molar-refractivity contribution is 6.00. The van der Waals surface area contributed by atoms with Crippen LogP contribution in [0.25, 0.3) is 11.3 Å². The molecule has 0 saturated heterocycles. The summed E-state index contributed by atoms with van der Waals surface area (Å²) in [6, 6.07) is 11.0. The summed E-state index contributed by atoms with van der Waals surface area (Å²) in [6.07, 6.45) is 0.246. The standard InChI is InChI=1S/C22H20F2N4O2/c1-13-2-4-14(5-3-13)10-19(29)27-8-9-28-18(12-27)20(22(25)30)21(26-28)15-6-7-16(23)17(24)11-15/h2-7,11H,8-10,12H2,1H3,(H2,25,30). The third kappa shape index (κ3) is 3.68. The zero-order valence-electron chi connectivity index (χ0n) is 16.4. The normalized spacial score (nSPS) is 13.2. The molecule has 2 aromatic carbocycles. The lowest BCUT2D eigenvalue weighted by Gasteiger charge is -2.28. The lowest BCUT2D eigenvalue weighted by atomic mass is 10.0. The van der Waals surface area contributed by atoms with Crippen LogP contribution in [0.2, 0.25) is 0 Å². The maximum absolute atomic E-state index is 13.7. The number of amides is 2. The van der Waals surface area contributed by atoms with Crippen LogP contribution in [0.5, 0.6) is 0 Å². The van der Waals surface area contributed by atoms with E-state index in [0.29, 0.717) is 18.8 Å². The summed E-state index contributed by atoms with van der Waals surface area (Å²) in [4.78, 5) is 26.6. The zero-order valence-corrected chi connectivity index (χ0v) is 16.4. The Kier molecular flexibility index (Phi) is 5.07. The van der Waals surface area contributed by atoms with Crippen LogP contribution >= 0.6 is 0 Å². The van der Waals surface area contributed by atoms with Crippen LogP contribution in [0.3, 0.4) is 0 Å². The fraction of sp³-hybridized carbons (Fsp3) is 0.227. The Hall–Kier alpha value is -3.55. The molecule has 3 aromatic rings. The molecule has 8 heteroatoms. The van der Waals surface area contributed by atoms with Crippen LogP contribution in [-0.4, -0.2) is 33.0 Å². The fourth-order valence-electron chi connectivity index (χ4n) is 3.63. The SMILES string of the molecule is Cc1ccc(CC(=O)N2CCn3nc(-c4ccc(F)c(F)c4)c(C(N)=O)c3C2)cc1. The van der Waals surface area contributed by atoms with Gasteiger partial charge in [0, 0.05) is 12.1 Å². The second-order valence-corrected chi connectivity index (χ2v) is 7.36. The van der Waals surface area contributed by atoms with Gasteiger partial charge in [-0.3, -0.25) is 14.3 Å². The molecule has 0 fully saturated rings. The van der Waals surface area contributed by atoms with Crippen LogP contribution in [0.15, 0.2) is 42.5 Å². The molecule has 0 bridgehead atoms. The average molecular weight is 410 g/mol. The predicted molar refractivity (Wildman–Crippen MR) is 106 cm³/mol. The summed E-state index contributed by atoms with van der Waals surface area (Å²) in [6.45, 7) is 2.95. The number of nitrogens with zero attached hydrogens (tertiary/aromatic N) is 3. The van der Waals surface area contributed by atoms with Gasteiger partial charge in [0.05, 0.1) is 30.8 Å².